The number of pyridine rings is 1. The minimum absolute atomic E-state index is 0.599. The van der Waals surface area contributed by atoms with Gasteiger partial charge in [0, 0.05) is 0 Å². The van der Waals surface area contributed by atoms with Crippen molar-refractivity contribution < 1.29 is 8.78 Å². The number of rotatable bonds is 2. The normalized spacial score (nSPS) is 11.6. The standard InChI is InChI=1S/C14H15F2GeN/c1-17(2,3)11-5-7-14(18-9-11)10-4-6-12(15)13(16)8-10/h4-9H,1-3H3. The van der Waals surface area contributed by atoms with Gasteiger partial charge in [0.15, 0.2) is 0 Å². The van der Waals surface area contributed by atoms with Crippen LogP contribution in [0.4, 0.5) is 8.78 Å². The minimum atomic E-state index is -1.86. The third-order valence-electron chi connectivity index (χ3n) is 2.84. The van der Waals surface area contributed by atoms with Crippen LogP contribution < -0.4 is 4.40 Å². The van der Waals surface area contributed by atoms with Gasteiger partial charge in [0.25, 0.3) is 0 Å². The molecule has 0 fully saturated rings. The molecule has 0 aliphatic carbocycles. The first-order chi connectivity index (χ1) is 8.38. The van der Waals surface area contributed by atoms with Crippen molar-refractivity contribution in [2.75, 3.05) is 0 Å². The molecule has 1 nitrogen and oxygen atoms in total. The topological polar surface area (TPSA) is 12.9 Å². The van der Waals surface area contributed by atoms with Crippen LogP contribution in [0.2, 0.25) is 17.3 Å². The fourth-order valence-electron chi connectivity index (χ4n) is 1.66. The molecule has 0 saturated carbocycles. The van der Waals surface area contributed by atoms with Crippen molar-refractivity contribution in [3.63, 3.8) is 0 Å². The summed E-state index contributed by atoms with van der Waals surface area (Å²) < 4.78 is 27.3. The second kappa shape index (κ2) is 4.80. The van der Waals surface area contributed by atoms with Crippen LogP contribution in [0.15, 0.2) is 36.5 Å². The van der Waals surface area contributed by atoms with Gasteiger partial charge in [0.2, 0.25) is 0 Å². The summed E-state index contributed by atoms with van der Waals surface area (Å²) in [6, 6.07) is 7.76. The van der Waals surface area contributed by atoms with Crippen LogP contribution in [-0.4, -0.2) is 18.3 Å². The van der Waals surface area contributed by atoms with Crippen molar-refractivity contribution in [2.24, 2.45) is 0 Å². The summed E-state index contributed by atoms with van der Waals surface area (Å²) in [6.45, 7) is 0. The molecular weight excluding hydrogens is 293 g/mol. The van der Waals surface area contributed by atoms with Gasteiger partial charge in [0.1, 0.15) is 0 Å². The molecule has 0 unspecified atom stereocenters. The molecule has 4 heteroatoms. The number of nitrogens with zero attached hydrogens (tertiary/aromatic N) is 1. The van der Waals surface area contributed by atoms with Gasteiger partial charge in [-0.15, -0.1) is 0 Å². The molecule has 0 spiro atoms. The molecule has 0 saturated heterocycles. The quantitative estimate of drug-likeness (QED) is 0.773. The van der Waals surface area contributed by atoms with E-state index in [-0.39, 0.29) is 0 Å². The maximum atomic E-state index is 13.1. The Morgan fingerprint density at radius 2 is 1.67 bits per heavy atom. The van der Waals surface area contributed by atoms with Crippen molar-refractivity contribution in [1.82, 2.24) is 4.98 Å². The molecule has 0 N–H and O–H groups in total. The Kier molecular flexibility index (Phi) is 3.52. The van der Waals surface area contributed by atoms with Crippen LogP contribution in [0.1, 0.15) is 0 Å². The van der Waals surface area contributed by atoms with E-state index in [4.69, 9.17) is 0 Å². The monoisotopic (exact) mass is 309 g/mol. The average molecular weight is 308 g/mol. The summed E-state index contributed by atoms with van der Waals surface area (Å²) in [5.74, 6) is 5.18. The van der Waals surface area contributed by atoms with Gasteiger partial charge in [-0.05, 0) is 0 Å². The van der Waals surface area contributed by atoms with E-state index in [0.29, 0.717) is 11.3 Å². The predicted octanol–water partition coefficient (Wildman–Crippen LogP) is 3.57. The first-order valence-corrected chi connectivity index (χ1v) is 13.1. The molecule has 2 rings (SSSR count). The molecule has 0 amide bonds. The van der Waals surface area contributed by atoms with Gasteiger partial charge in [-0.1, -0.05) is 0 Å². The Bertz CT molecular complexity index is 559. The van der Waals surface area contributed by atoms with Crippen molar-refractivity contribution in [3.05, 3.63) is 48.2 Å². The zero-order valence-corrected chi connectivity index (χ0v) is 12.8. The Labute approximate surface area is 108 Å². The van der Waals surface area contributed by atoms with E-state index in [1.165, 1.54) is 10.5 Å². The molecule has 0 bridgehead atoms. The molecule has 2 aromatic rings. The van der Waals surface area contributed by atoms with E-state index >= 15 is 0 Å². The van der Waals surface area contributed by atoms with Crippen molar-refractivity contribution in [2.45, 2.75) is 17.3 Å². The Balaban J connectivity index is 2.37. The number of halogens is 2. The summed E-state index contributed by atoms with van der Waals surface area (Å²) >= 11 is -1.86. The Hall–Kier alpha value is -1.23. The van der Waals surface area contributed by atoms with Crippen LogP contribution in [0, 0.1) is 11.6 Å². The molecule has 0 radical (unpaired) electrons. The summed E-state index contributed by atoms with van der Waals surface area (Å²) in [5.41, 5.74) is 1.27. The number of hydrogen-bond acceptors (Lipinski definition) is 1. The third kappa shape index (κ3) is 2.78. The third-order valence-corrected chi connectivity index (χ3v) is 7.10. The number of benzene rings is 1. The SMILES string of the molecule is [CH3][Ge]([CH3])([CH3])[c]1ccc(-c2ccc(F)c(F)c2)nc1. The van der Waals surface area contributed by atoms with E-state index in [1.807, 2.05) is 18.3 Å². The maximum absolute atomic E-state index is 13.1. The van der Waals surface area contributed by atoms with Crippen molar-refractivity contribution >= 4 is 17.7 Å². The molecule has 1 aromatic carbocycles. The van der Waals surface area contributed by atoms with Crippen LogP contribution >= 0.6 is 0 Å². The Morgan fingerprint density at radius 1 is 0.944 bits per heavy atom. The van der Waals surface area contributed by atoms with Gasteiger partial charge < -0.3 is 0 Å². The fraction of sp³-hybridized carbons (Fsp3) is 0.214. The van der Waals surface area contributed by atoms with Gasteiger partial charge in [0.05, 0.1) is 0 Å². The number of hydrogen-bond donors (Lipinski definition) is 0. The molecule has 94 valence electrons. The molecule has 0 aliphatic heterocycles. The van der Waals surface area contributed by atoms with E-state index in [2.05, 4.69) is 22.3 Å². The fourth-order valence-corrected chi connectivity index (χ4v) is 3.84. The molecular formula is C14H15F2GeN. The molecule has 0 aliphatic rings. The first kappa shape index (κ1) is 13.2. The van der Waals surface area contributed by atoms with Crippen molar-refractivity contribution in [1.29, 1.82) is 0 Å². The average Bonchev–Trinajstić information content (AvgIpc) is 2.32. The molecule has 0 atom stereocenters. The molecule has 1 aromatic heterocycles. The zero-order valence-electron chi connectivity index (χ0n) is 10.7. The summed E-state index contributed by atoms with van der Waals surface area (Å²) in [4.78, 5) is 4.34. The summed E-state index contributed by atoms with van der Waals surface area (Å²) in [5, 5.41) is 0. The van der Waals surface area contributed by atoms with Gasteiger partial charge in [-0.25, -0.2) is 0 Å². The first-order valence-electron chi connectivity index (χ1n) is 5.80. The van der Waals surface area contributed by atoms with Crippen LogP contribution in [0.3, 0.4) is 0 Å². The van der Waals surface area contributed by atoms with Crippen molar-refractivity contribution in [3.8, 4) is 11.3 Å². The van der Waals surface area contributed by atoms with E-state index in [1.54, 1.807) is 6.07 Å². The number of aromatic nitrogens is 1. The summed E-state index contributed by atoms with van der Waals surface area (Å²) in [6.07, 6.45) is 1.86. The van der Waals surface area contributed by atoms with Gasteiger partial charge in [-0.3, -0.25) is 0 Å². The Morgan fingerprint density at radius 3 is 2.17 bits per heavy atom. The van der Waals surface area contributed by atoms with Crippen LogP contribution in [0.25, 0.3) is 11.3 Å². The molecule has 1 heterocycles. The van der Waals surface area contributed by atoms with Gasteiger partial charge >= 0.3 is 108 Å². The van der Waals surface area contributed by atoms with Crippen LogP contribution in [-0.2, 0) is 0 Å². The molecule has 18 heavy (non-hydrogen) atoms. The van der Waals surface area contributed by atoms with E-state index < -0.39 is 24.9 Å². The van der Waals surface area contributed by atoms with E-state index in [0.717, 1.165) is 6.07 Å². The second-order valence-corrected chi connectivity index (χ2v) is 16.0. The van der Waals surface area contributed by atoms with E-state index in [9.17, 15) is 8.78 Å². The van der Waals surface area contributed by atoms with Gasteiger partial charge in [-0.2, -0.15) is 0 Å². The zero-order chi connectivity index (χ0) is 13.3. The summed E-state index contributed by atoms with van der Waals surface area (Å²) in [7, 11) is 0. The van der Waals surface area contributed by atoms with Crippen LogP contribution in [0.5, 0.6) is 0 Å². The predicted molar refractivity (Wildman–Crippen MR) is 72.6 cm³/mol. The second-order valence-electron chi connectivity index (χ2n) is 5.31.